The lowest BCUT2D eigenvalue weighted by Crippen LogP contribution is -2.33. The number of amides is 1. The molecule has 1 rings (SSSR count). The molecule has 0 heterocycles. The molecule has 4 heteroatoms. The molecule has 0 aliphatic carbocycles. The van der Waals surface area contributed by atoms with E-state index in [2.05, 4.69) is 24.5 Å². The van der Waals surface area contributed by atoms with E-state index in [1.54, 1.807) is 24.3 Å². The first kappa shape index (κ1) is 13.0. The highest BCUT2D eigenvalue weighted by atomic mass is 35.5. The van der Waals surface area contributed by atoms with Crippen LogP contribution in [0.15, 0.2) is 24.3 Å². The number of benzene rings is 1. The molecule has 0 aliphatic rings. The maximum absolute atomic E-state index is 11.5. The summed E-state index contributed by atoms with van der Waals surface area (Å²) in [6, 6.07) is 7.42. The van der Waals surface area contributed by atoms with Gasteiger partial charge in [-0.25, -0.2) is 0 Å². The summed E-state index contributed by atoms with van der Waals surface area (Å²) in [5.74, 6) is -0.0392. The molecule has 0 bridgehead atoms. The van der Waals surface area contributed by atoms with Crippen LogP contribution in [0, 0.1) is 0 Å². The first-order chi connectivity index (χ1) is 7.61. The third-order valence-electron chi connectivity index (χ3n) is 2.35. The van der Waals surface area contributed by atoms with Crippen LogP contribution in [0.1, 0.15) is 20.3 Å². The van der Waals surface area contributed by atoms with E-state index < -0.39 is 0 Å². The molecular weight excluding hydrogens is 224 g/mol. The fourth-order valence-electron chi connectivity index (χ4n) is 1.15. The lowest BCUT2D eigenvalue weighted by Gasteiger charge is -2.11. The average Bonchev–Trinajstić information content (AvgIpc) is 2.29. The van der Waals surface area contributed by atoms with Crippen molar-refractivity contribution in [2.75, 3.05) is 11.9 Å². The molecule has 0 saturated heterocycles. The lowest BCUT2D eigenvalue weighted by molar-refractivity contribution is -0.115. The molecule has 1 unspecified atom stereocenters. The Morgan fingerprint density at radius 1 is 1.38 bits per heavy atom. The van der Waals surface area contributed by atoms with Gasteiger partial charge in [0.2, 0.25) is 5.91 Å². The van der Waals surface area contributed by atoms with E-state index in [4.69, 9.17) is 11.6 Å². The van der Waals surface area contributed by atoms with Crippen LogP contribution in [0.25, 0.3) is 0 Å². The Kier molecular flexibility index (Phi) is 5.29. The zero-order valence-electron chi connectivity index (χ0n) is 9.59. The SMILES string of the molecule is CCC(C)NCC(=O)Nc1ccc(Cl)cc1. The van der Waals surface area contributed by atoms with Crippen LogP contribution in [0.3, 0.4) is 0 Å². The summed E-state index contributed by atoms with van der Waals surface area (Å²) in [6.45, 7) is 4.46. The van der Waals surface area contributed by atoms with E-state index in [1.165, 1.54) is 0 Å². The van der Waals surface area contributed by atoms with Crippen LogP contribution < -0.4 is 10.6 Å². The molecule has 16 heavy (non-hydrogen) atoms. The predicted molar refractivity (Wildman–Crippen MR) is 67.8 cm³/mol. The van der Waals surface area contributed by atoms with Crippen molar-refractivity contribution >= 4 is 23.2 Å². The first-order valence-corrected chi connectivity index (χ1v) is 5.78. The van der Waals surface area contributed by atoms with E-state index in [0.29, 0.717) is 17.6 Å². The van der Waals surface area contributed by atoms with Gasteiger partial charge in [-0.1, -0.05) is 18.5 Å². The molecule has 0 radical (unpaired) electrons. The highest BCUT2D eigenvalue weighted by Crippen LogP contribution is 2.12. The van der Waals surface area contributed by atoms with Gasteiger partial charge in [-0.2, -0.15) is 0 Å². The van der Waals surface area contributed by atoms with Crippen LogP contribution in [-0.2, 0) is 4.79 Å². The third kappa shape index (κ3) is 4.64. The standard InChI is InChI=1S/C12H17ClN2O/c1-3-9(2)14-8-12(16)15-11-6-4-10(13)5-7-11/h4-7,9,14H,3,8H2,1-2H3,(H,15,16). The molecule has 1 aromatic carbocycles. The van der Waals surface area contributed by atoms with Crippen LogP contribution in [0.5, 0.6) is 0 Å². The van der Waals surface area contributed by atoms with Crippen LogP contribution in [-0.4, -0.2) is 18.5 Å². The van der Waals surface area contributed by atoms with Gasteiger partial charge < -0.3 is 10.6 Å². The number of hydrogen-bond donors (Lipinski definition) is 2. The van der Waals surface area contributed by atoms with Gasteiger partial charge in [-0.3, -0.25) is 4.79 Å². The Morgan fingerprint density at radius 3 is 2.56 bits per heavy atom. The van der Waals surface area contributed by atoms with Crippen molar-refractivity contribution in [2.24, 2.45) is 0 Å². The van der Waals surface area contributed by atoms with Crippen molar-refractivity contribution in [3.8, 4) is 0 Å². The van der Waals surface area contributed by atoms with Crippen LogP contribution >= 0.6 is 11.6 Å². The summed E-state index contributed by atoms with van der Waals surface area (Å²) < 4.78 is 0. The number of nitrogens with one attached hydrogen (secondary N) is 2. The number of hydrogen-bond acceptors (Lipinski definition) is 2. The number of carbonyl (C=O) groups is 1. The number of rotatable bonds is 5. The van der Waals surface area contributed by atoms with Gasteiger partial charge in [0, 0.05) is 16.8 Å². The molecule has 88 valence electrons. The van der Waals surface area contributed by atoms with E-state index in [1.807, 2.05) is 0 Å². The van der Waals surface area contributed by atoms with Crippen molar-refractivity contribution in [1.82, 2.24) is 5.32 Å². The van der Waals surface area contributed by atoms with Gasteiger partial charge in [0.05, 0.1) is 6.54 Å². The molecule has 0 aliphatic heterocycles. The molecule has 0 spiro atoms. The fourth-order valence-corrected chi connectivity index (χ4v) is 1.28. The Hall–Kier alpha value is -1.06. The lowest BCUT2D eigenvalue weighted by atomic mass is 10.2. The van der Waals surface area contributed by atoms with E-state index in [0.717, 1.165) is 12.1 Å². The normalized spacial score (nSPS) is 12.2. The molecule has 1 aromatic rings. The summed E-state index contributed by atoms with van der Waals surface area (Å²) in [6.07, 6.45) is 1.01. The van der Waals surface area contributed by atoms with E-state index in [9.17, 15) is 4.79 Å². The number of carbonyl (C=O) groups excluding carboxylic acids is 1. The molecule has 1 atom stereocenters. The second kappa shape index (κ2) is 6.51. The molecular formula is C12H17ClN2O. The summed E-state index contributed by atoms with van der Waals surface area (Å²) >= 11 is 5.74. The molecule has 3 nitrogen and oxygen atoms in total. The molecule has 2 N–H and O–H groups in total. The summed E-state index contributed by atoms with van der Waals surface area (Å²) in [7, 11) is 0. The van der Waals surface area contributed by atoms with Gasteiger partial charge in [-0.15, -0.1) is 0 Å². The second-order valence-corrected chi connectivity index (χ2v) is 4.18. The second-order valence-electron chi connectivity index (χ2n) is 3.75. The Labute approximate surface area is 101 Å². The Bertz CT molecular complexity index is 337. The zero-order chi connectivity index (χ0) is 12.0. The maximum atomic E-state index is 11.5. The fraction of sp³-hybridized carbons (Fsp3) is 0.417. The first-order valence-electron chi connectivity index (χ1n) is 5.40. The van der Waals surface area contributed by atoms with Gasteiger partial charge >= 0.3 is 0 Å². The highest BCUT2D eigenvalue weighted by Gasteiger charge is 2.04. The Balaban J connectivity index is 2.37. The van der Waals surface area contributed by atoms with Crippen molar-refractivity contribution in [2.45, 2.75) is 26.3 Å². The van der Waals surface area contributed by atoms with Gasteiger partial charge in [0.25, 0.3) is 0 Å². The summed E-state index contributed by atoms with van der Waals surface area (Å²) in [5.41, 5.74) is 0.764. The smallest absolute Gasteiger partial charge is 0.238 e. The molecule has 0 saturated carbocycles. The summed E-state index contributed by atoms with van der Waals surface area (Å²) in [4.78, 5) is 11.5. The monoisotopic (exact) mass is 240 g/mol. The van der Waals surface area contributed by atoms with E-state index >= 15 is 0 Å². The van der Waals surface area contributed by atoms with Crippen molar-refractivity contribution in [3.05, 3.63) is 29.3 Å². The quantitative estimate of drug-likeness (QED) is 0.831. The van der Waals surface area contributed by atoms with Crippen LogP contribution in [0.4, 0.5) is 5.69 Å². The minimum atomic E-state index is -0.0392. The van der Waals surface area contributed by atoms with Crippen LogP contribution in [0.2, 0.25) is 5.02 Å². The minimum Gasteiger partial charge on any atom is -0.325 e. The number of halogens is 1. The topological polar surface area (TPSA) is 41.1 Å². The van der Waals surface area contributed by atoms with Gasteiger partial charge in [0.1, 0.15) is 0 Å². The van der Waals surface area contributed by atoms with E-state index in [-0.39, 0.29) is 5.91 Å². The van der Waals surface area contributed by atoms with Crippen molar-refractivity contribution < 1.29 is 4.79 Å². The molecule has 0 aromatic heterocycles. The Morgan fingerprint density at radius 2 is 2.00 bits per heavy atom. The molecule has 1 amide bonds. The third-order valence-corrected chi connectivity index (χ3v) is 2.60. The van der Waals surface area contributed by atoms with Gasteiger partial charge in [0.15, 0.2) is 0 Å². The number of anilines is 1. The minimum absolute atomic E-state index is 0.0392. The largest absolute Gasteiger partial charge is 0.325 e. The van der Waals surface area contributed by atoms with Crippen molar-refractivity contribution in [3.63, 3.8) is 0 Å². The van der Waals surface area contributed by atoms with Gasteiger partial charge in [-0.05, 0) is 37.6 Å². The maximum Gasteiger partial charge on any atom is 0.238 e. The highest BCUT2D eigenvalue weighted by molar-refractivity contribution is 6.30. The predicted octanol–water partition coefficient (Wildman–Crippen LogP) is 2.67. The average molecular weight is 241 g/mol. The van der Waals surface area contributed by atoms with Crippen molar-refractivity contribution in [1.29, 1.82) is 0 Å². The molecule has 0 fully saturated rings. The summed E-state index contributed by atoms with van der Waals surface area (Å²) in [5, 5.41) is 6.58. The zero-order valence-corrected chi connectivity index (χ0v) is 10.3.